The number of ether oxygens (including phenoxy) is 1. The predicted molar refractivity (Wildman–Crippen MR) is 137 cm³/mol. The highest BCUT2D eigenvalue weighted by Crippen LogP contribution is 2.24. The zero-order valence-electron chi connectivity index (χ0n) is 19.5. The first-order valence-corrected chi connectivity index (χ1v) is 11.4. The van der Waals surface area contributed by atoms with Gasteiger partial charge in [-0.1, -0.05) is 13.8 Å². The highest BCUT2D eigenvalue weighted by molar-refractivity contribution is 14.0. The van der Waals surface area contributed by atoms with Gasteiger partial charge in [-0.15, -0.1) is 35.3 Å². The number of nitrogens with one attached hydrogen (secondary N) is 2. The summed E-state index contributed by atoms with van der Waals surface area (Å²) in [5.74, 6) is 0.394. The van der Waals surface area contributed by atoms with Gasteiger partial charge in [-0.05, 0) is 40.5 Å². The van der Waals surface area contributed by atoms with Gasteiger partial charge in [0.15, 0.2) is 5.96 Å². The van der Waals surface area contributed by atoms with Gasteiger partial charge in [0, 0.05) is 24.8 Å². The monoisotopic (exact) mass is 562 g/mol. The van der Waals surface area contributed by atoms with Crippen LogP contribution in [0.15, 0.2) is 4.99 Å². The van der Waals surface area contributed by atoms with Crippen LogP contribution in [-0.2, 0) is 31.2 Å². The molecule has 0 aliphatic rings. The Morgan fingerprint density at radius 1 is 1.26 bits per heavy atom. The van der Waals surface area contributed by atoms with E-state index < -0.39 is 0 Å². The van der Waals surface area contributed by atoms with Gasteiger partial charge in [0.25, 0.3) is 0 Å². The van der Waals surface area contributed by atoms with Crippen LogP contribution in [0.5, 0.6) is 0 Å². The molecule has 8 nitrogen and oxygen atoms in total. The Kier molecular flexibility index (Phi) is 11.5. The second-order valence-corrected chi connectivity index (χ2v) is 7.98. The third-order valence-corrected chi connectivity index (χ3v) is 6.09. The molecule has 1 unspecified atom stereocenters. The Bertz CT molecular complexity index is 893. The minimum atomic E-state index is -0.317. The number of aliphatic imine (C=N–C) groups is 1. The van der Waals surface area contributed by atoms with E-state index in [1.54, 1.807) is 6.92 Å². The van der Waals surface area contributed by atoms with Crippen molar-refractivity contribution in [3.63, 3.8) is 0 Å². The smallest absolute Gasteiger partial charge is 0.350 e. The minimum Gasteiger partial charge on any atom is -0.462 e. The van der Waals surface area contributed by atoms with Gasteiger partial charge in [-0.25, -0.2) is 14.8 Å². The molecule has 10 heteroatoms. The lowest BCUT2D eigenvalue weighted by Crippen LogP contribution is -2.38. The molecule has 174 valence electrons. The van der Waals surface area contributed by atoms with Crippen LogP contribution in [0.1, 0.15) is 78.0 Å². The van der Waals surface area contributed by atoms with Crippen LogP contribution in [0.25, 0.3) is 0 Å². The second kappa shape index (κ2) is 13.0. The van der Waals surface area contributed by atoms with Gasteiger partial charge < -0.3 is 15.4 Å². The SMILES string of the molecule is CCNC(=NCc1c(CC)nn(C)c1CC)NC(C)c1nc(C)c(C(=O)OCC)s1.I. The Balaban J connectivity index is 0.00000480. The molecular weight excluding hydrogens is 527 g/mol. The number of carbonyl (C=O) groups is 1. The standard InChI is InChI=1S/C21H34N6O2S.HI/c1-8-16-15(17(9-2)27(7)26-16)12-23-21(22-10-3)25-14(6)19-24-13(5)18(30-19)20(28)29-11-4;/h14H,8-12H2,1-7H3,(H2,22,23,25);1H. The molecule has 2 aromatic heterocycles. The lowest BCUT2D eigenvalue weighted by atomic mass is 10.1. The van der Waals surface area contributed by atoms with Crippen molar-refractivity contribution in [3.05, 3.63) is 32.5 Å². The molecule has 0 aliphatic heterocycles. The molecule has 0 fully saturated rings. The molecule has 0 saturated carbocycles. The second-order valence-electron chi connectivity index (χ2n) is 6.95. The van der Waals surface area contributed by atoms with Crippen molar-refractivity contribution < 1.29 is 9.53 Å². The zero-order valence-corrected chi connectivity index (χ0v) is 22.7. The molecule has 31 heavy (non-hydrogen) atoms. The molecule has 0 bridgehead atoms. The summed E-state index contributed by atoms with van der Waals surface area (Å²) in [6, 6.07) is -0.0973. The normalized spacial score (nSPS) is 12.3. The largest absolute Gasteiger partial charge is 0.462 e. The van der Waals surface area contributed by atoms with Crippen molar-refractivity contribution >= 4 is 47.2 Å². The Labute approximate surface area is 206 Å². The van der Waals surface area contributed by atoms with Crippen molar-refractivity contribution in [2.75, 3.05) is 13.2 Å². The molecule has 2 heterocycles. The summed E-state index contributed by atoms with van der Waals surface area (Å²) in [5.41, 5.74) is 4.20. The number of aryl methyl sites for hydroxylation is 3. The molecule has 2 N–H and O–H groups in total. The van der Waals surface area contributed by atoms with Crippen LogP contribution in [0.2, 0.25) is 0 Å². The molecular formula is C21H35IN6O2S. The summed E-state index contributed by atoms with van der Waals surface area (Å²) in [4.78, 5) is 22.0. The third-order valence-electron chi connectivity index (χ3n) is 4.76. The highest BCUT2D eigenvalue weighted by atomic mass is 127. The van der Waals surface area contributed by atoms with E-state index in [4.69, 9.17) is 9.73 Å². The van der Waals surface area contributed by atoms with E-state index in [0.29, 0.717) is 29.7 Å². The first-order valence-electron chi connectivity index (χ1n) is 10.6. The maximum Gasteiger partial charge on any atom is 0.350 e. The summed E-state index contributed by atoms with van der Waals surface area (Å²) in [6.45, 7) is 13.6. The first kappa shape index (κ1) is 27.3. The maximum atomic E-state index is 12.1. The fourth-order valence-electron chi connectivity index (χ4n) is 3.31. The molecule has 2 aromatic rings. The molecule has 0 aromatic carbocycles. The average Bonchev–Trinajstić information content (AvgIpc) is 3.25. The molecule has 0 spiro atoms. The number of esters is 1. The zero-order chi connectivity index (χ0) is 22.3. The quantitative estimate of drug-likeness (QED) is 0.208. The Morgan fingerprint density at radius 3 is 2.55 bits per heavy atom. The van der Waals surface area contributed by atoms with Gasteiger partial charge >= 0.3 is 5.97 Å². The van der Waals surface area contributed by atoms with Gasteiger partial charge in [-0.2, -0.15) is 5.10 Å². The van der Waals surface area contributed by atoms with Gasteiger partial charge in [0.05, 0.1) is 30.6 Å². The Hall–Kier alpha value is -1.69. The lowest BCUT2D eigenvalue weighted by Gasteiger charge is -2.16. The molecule has 1 atom stereocenters. The number of guanidine groups is 1. The summed E-state index contributed by atoms with van der Waals surface area (Å²) < 4.78 is 7.08. The molecule has 0 saturated heterocycles. The topological polar surface area (TPSA) is 93.4 Å². The predicted octanol–water partition coefficient (Wildman–Crippen LogP) is 3.92. The van der Waals surface area contributed by atoms with E-state index in [2.05, 4.69) is 34.6 Å². The van der Waals surface area contributed by atoms with Crippen molar-refractivity contribution in [1.82, 2.24) is 25.4 Å². The fourth-order valence-corrected chi connectivity index (χ4v) is 4.27. The van der Waals surface area contributed by atoms with E-state index in [9.17, 15) is 4.79 Å². The van der Waals surface area contributed by atoms with E-state index in [0.717, 1.165) is 30.1 Å². The van der Waals surface area contributed by atoms with Crippen LogP contribution in [0.3, 0.4) is 0 Å². The molecule has 0 radical (unpaired) electrons. The average molecular weight is 563 g/mol. The third kappa shape index (κ3) is 6.90. The van der Waals surface area contributed by atoms with Crippen LogP contribution >= 0.6 is 35.3 Å². The van der Waals surface area contributed by atoms with Crippen LogP contribution in [0, 0.1) is 6.92 Å². The number of hydrogen-bond acceptors (Lipinski definition) is 6. The minimum absolute atomic E-state index is 0. The number of nitrogens with zero attached hydrogens (tertiary/aromatic N) is 4. The van der Waals surface area contributed by atoms with Gasteiger partial charge in [0.1, 0.15) is 9.88 Å². The number of aromatic nitrogens is 3. The molecule has 0 amide bonds. The van der Waals surface area contributed by atoms with Crippen molar-refractivity contribution in [2.45, 2.75) is 67.0 Å². The van der Waals surface area contributed by atoms with Gasteiger partial charge in [0.2, 0.25) is 0 Å². The van der Waals surface area contributed by atoms with Crippen LogP contribution in [-0.4, -0.2) is 39.8 Å². The number of carbonyl (C=O) groups excluding carboxylic acids is 1. The Morgan fingerprint density at radius 2 is 1.97 bits per heavy atom. The first-order chi connectivity index (χ1) is 14.4. The summed E-state index contributed by atoms with van der Waals surface area (Å²) in [5, 5.41) is 12.2. The number of hydrogen-bond donors (Lipinski definition) is 2. The maximum absolute atomic E-state index is 12.1. The highest BCUT2D eigenvalue weighted by Gasteiger charge is 2.20. The summed E-state index contributed by atoms with van der Waals surface area (Å²) in [6.07, 6.45) is 1.80. The molecule has 2 rings (SSSR count). The van der Waals surface area contributed by atoms with Crippen LogP contribution < -0.4 is 10.6 Å². The van der Waals surface area contributed by atoms with Gasteiger partial charge in [-0.3, -0.25) is 4.68 Å². The van der Waals surface area contributed by atoms with Crippen LogP contribution in [0.4, 0.5) is 0 Å². The lowest BCUT2D eigenvalue weighted by molar-refractivity contribution is 0.0531. The van der Waals surface area contributed by atoms with Crippen molar-refractivity contribution in [3.8, 4) is 0 Å². The van der Waals surface area contributed by atoms with E-state index in [1.807, 2.05) is 32.5 Å². The van der Waals surface area contributed by atoms with Crippen molar-refractivity contribution in [1.29, 1.82) is 0 Å². The number of rotatable bonds is 9. The summed E-state index contributed by atoms with van der Waals surface area (Å²) in [7, 11) is 1.99. The van der Waals surface area contributed by atoms with E-state index >= 15 is 0 Å². The fraction of sp³-hybridized carbons (Fsp3) is 0.619. The van der Waals surface area contributed by atoms with E-state index in [1.165, 1.54) is 22.6 Å². The molecule has 0 aliphatic carbocycles. The number of thiazole rings is 1. The van der Waals surface area contributed by atoms with Crippen molar-refractivity contribution in [2.24, 2.45) is 12.0 Å². The summed E-state index contributed by atoms with van der Waals surface area (Å²) >= 11 is 1.36. The van der Waals surface area contributed by atoms with E-state index in [-0.39, 0.29) is 36.0 Å². The number of halogens is 1.